The maximum absolute atomic E-state index is 11.9. The molecule has 0 aliphatic rings. The summed E-state index contributed by atoms with van der Waals surface area (Å²) in [5, 5.41) is 11.2. The predicted molar refractivity (Wildman–Crippen MR) is 79.8 cm³/mol. The van der Waals surface area contributed by atoms with Gasteiger partial charge >= 0.3 is 0 Å². The van der Waals surface area contributed by atoms with Gasteiger partial charge in [0, 0.05) is 38.2 Å². The summed E-state index contributed by atoms with van der Waals surface area (Å²) < 4.78 is 4.43. The van der Waals surface area contributed by atoms with Gasteiger partial charge in [0.1, 0.15) is 0 Å². The average Bonchev–Trinajstić information content (AvgIpc) is 2.91. The molecule has 1 N–H and O–H groups in total. The molecule has 0 atom stereocenters. The van der Waals surface area contributed by atoms with E-state index in [-0.39, 0.29) is 5.91 Å². The number of rotatable bonds is 5. The summed E-state index contributed by atoms with van der Waals surface area (Å²) in [5.41, 5.74) is 1.61. The van der Waals surface area contributed by atoms with E-state index in [0.717, 1.165) is 22.2 Å². The van der Waals surface area contributed by atoms with Crippen molar-refractivity contribution < 1.29 is 4.79 Å². The van der Waals surface area contributed by atoms with Gasteiger partial charge in [-0.3, -0.25) is 14.2 Å². The fourth-order valence-electron chi connectivity index (χ4n) is 1.76. The Hall–Kier alpha value is -1.38. The Morgan fingerprint density at radius 1 is 1.53 bits per heavy atom. The normalized spacial score (nSPS) is 10.7. The van der Waals surface area contributed by atoms with Crippen LogP contribution in [0, 0.1) is 10.5 Å². The Morgan fingerprint density at radius 2 is 2.32 bits per heavy atom. The van der Waals surface area contributed by atoms with E-state index in [4.69, 9.17) is 0 Å². The molecule has 0 aliphatic heterocycles. The Labute approximate surface area is 125 Å². The molecule has 7 heteroatoms. The number of halogens is 1. The zero-order chi connectivity index (χ0) is 13.8. The van der Waals surface area contributed by atoms with Gasteiger partial charge in [-0.2, -0.15) is 10.2 Å². The topological polar surface area (TPSA) is 64.7 Å². The highest BCUT2D eigenvalue weighted by Crippen LogP contribution is 2.08. The third-order valence-corrected chi connectivity index (χ3v) is 3.55. The van der Waals surface area contributed by atoms with Gasteiger partial charge in [-0.1, -0.05) is 0 Å². The predicted octanol–water partition coefficient (Wildman–Crippen LogP) is 1.35. The van der Waals surface area contributed by atoms with Crippen LogP contribution in [0.4, 0.5) is 0 Å². The van der Waals surface area contributed by atoms with Crippen LogP contribution in [0.2, 0.25) is 0 Å². The summed E-state index contributed by atoms with van der Waals surface area (Å²) >= 11 is 2.11. The largest absolute Gasteiger partial charge is 0.351 e. The third kappa shape index (κ3) is 3.55. The van der Waals surface area contributed by atoms with Crippen LogP contribution in [0.15, 0.2) is 18.5 Å². The van der Waals surface area contributed by atoms with Gasteiger partial charge in [0.2, 0.25) is 0 Å². The van der Waals surface area contributed by atoms with Crippen molar-refractivity contribution >= 4 is 28.5 Å². The van der Waals surface area contributed by atoms with Crippen LogP contribution in [-0.4, -0.2) is 32.0 Å². The number of carbonyl (C=O) groups is 1. The first-order valence-electron chi connectivity index (χ1n) is 6.03. The minimum absolute atomic E-state index is 0.123. The van der Waals surface area contributed by atoms with Gasteiger partial charge in [-0.15, -0.1) is 0 Å². The van der Waals surface area contributed by atoms with Gasteiger partial charge in [0.25, 0.3) is 5.91 Å². The second-order valence-electron chi connectivity index (χ2n) is 4.30. The first-order valence-corrected chi connectivity index (χ1v) is 7.11. The van der Waals surface area contributed by atoms with Crippen molar-refractivity contribution in [2.45, 2.75) is 19.9 Å². The Morgan fingerprint density at radius 3 is 2.89 bits per heavy atom. The molecule has 2 rings (SSSR count). The van der Waals surface area contributed by atoms with E-state index >= 15 is 0 Å². The number of amides is 1. The van der Waals surface area contributed by atoms with Crippen molar-refractivity contribution in [3.63, 3.8) is 0 Å². The van der Waals surface area contributed by atoms with E-state index in [1.165, 1.54) is 0 Å². The van der Waals surface area contributed by atoms with Gasteiger partial charge in [-0.05, 0) is 42.0 Å². The fourth-order valence-corrected chi connectivity index (χ4v) is 2.52. The summed E-state index contributed by atoms with van der Waals surface area (Å²) in [6, 6.07) is 1.97. The molecule has 0 radical (unpaired) electrons. The summed E-state index contributed by atoms with van der Waals surface area (Å²) in [6.45, 7) is 3.44. The molecule has 0 bridgehead atoms. The van der Waals surface area contributed by atoms with E-state index in [9.17, 15) is 4.79 Å². The summed E-state index contributed by atoms with van der Waals surface area (Å²) in [6.07, 6.45) is 4.45. The Bertz CT molecular complexity index is 574. The maximum Gasteiger partial charge on any atom is 0.272 e. The van der Waals surface area contributed by atoms with Crippen molar-refractivity contribution in [3.05, 3.63) is 33.4 Å². The molecule has 0 aromatic carbocycles. The van der Waals surface area contributed by atoms with Crippen molar-refractivity contribution in [1.82, 2.24) is 24.9 Å². The van der Waals surface area contributed by atoms with E-state index in [1.54, 1.807) is 17.9 Å². The number of aromatic nitrogens is 4. The minimum atomic E-state index is -0.123. The van der Waals surface area contributed by atoms with Crippen molar-refractivity contribution in [3.8, 4) is 0 Å². The van der Waals surface area contributed by atoms with Gasteiger partial charge in [-0.25, -0.2) is 0 Å². The number of aryl methyl sites for hydroxylation is 3. The van der Waals surface area contributed by atoms with E-state index < -0.39 is 0 Å². The molecule has 1 amide bonds. The second kappa shape index (κ2) is 6.18. The van der Waals surface area contributed by atoms with Gasteiger partial charge in [0.05, 0.1) is 3.57 Å². The molecule has 6 nitrogen and oxygen atoms in total. The monoisotopic (exact) mass is 373 g/mol. The lowest BCUT2D eigenvalue weighted by molar-refractivity contribution is 0.0946. The molecule has 0 unspecified atom stereocenters. The van der Waals surface area contributed by atoms with E-state index in [2.05, 4.69) is 38.1 Å². The van der Waals surface area contributed by atoms with E-state index in [1.807, 2.05) is 23.9 Å². The number of nitrogens with one attached hydrogen (secondary N) is 1. The number of hydrogen-bond acceptors (Lipinski definition) is 3. The van der Waals surface area contributed by atoms with Gasteiger partial charge in [0.15, 0.2) is 5.69 Å². The molecule has 0 saturated carbocycles. The first kappa shape index (κ1) is 14.0. The summed E-state index contributed by atoms with van der Waals surface area (Å²) in [7, 11) is 1.80. The van der Waals surface area contributed by atoms with Crippen molar-refractivity contribution in [2.24, 2.45) is 7.05 Å². The quantitative estimate of drug-likeness (QED) is 0.636. The molecule has 102 valence electrons. The number of nitrogens with zero attached hydrogens (tertiary/aromatic N) is 4. The number of carbonyl (C=O) groups excluding carboxylic acids is 1. The summed E-state index contributed by atoms with van der Waals surface area (Å²) in [5.74, 6) is -0.123. The molecule has 0 aliphatic carbocycles. The lowest BCUT2D eigenvalue weighted by Crippen LogP contribution is -2.26. The maximum atomic E-state index is 11.9. The van der Waals surface area contributed by atoms with Crippen LogP contribution >= 0.6 is 22.6 Å². The van der Waals surface area contributed by atoms with Gasteiger partial charge < -0.3 is 5.32 Å². The molecule has 19 heavy (non-hydrogen) atoms. The highest BCUT2D eigenvalue weighted by molar-refractivity contribution is 14.1. The second-order valence-corrected chi connectivity index (χ2v) is 5.47. The highest BCUT2D eigenvalue weighted by atomic mass is 127. The number of hydrogen-bond donors (Lipinski definition) is 1. The zero-order valence-corrected chi connectivity index (χ0v) is 13.1. The average molecular weight is 373 g/mol. The molecule has 2 aromatic rings. The molecule has 0 spiro atoms. The molecule has 2 aromatic heterocycles. The van der Waals surface area contributed by atoms with Crippen LogP contribution in [0.1, 0.15) is 22.6 Å². The molecule has 0 saturated heterocycles. The fraction of sp³-hybridized carbons (Fsp3) is 0.417. The molecule has 0 fully saturated rings. The molecular weight excluding hydrogens is 357 g/mol. The summed E-state index contributed by atoms with van der Waals surface area (Å²) in [4.78, 5) is 11.9. The van der Waals surface area contributed by atoms with Crippen LogP contribution in [0.5, 0.6) is 0 Å². The van der Waals surface area contributed by atoms with Crippen LogP contribution in [-0.2, 0) is 13.6 Å². The molecule has 2 heterocycles. The standard InChI is InChI=1S/C12H16IN5O/c1-9-4-6-15-18(9)7-3-5-14-12(19)11-10(13)8-17(2)16-11/h4,6,8H,3,5,7H2,1-2H3,(H,14,19). The lowest BCUT2D eigenvalue weighted by atomic mass is 10.3. The molecular formula is C12H16IN5O. The minimum Gasteiger partial charge on any atom is -0.351 e. The highest BCUT2D eigenvalue weighted by Gasteiger charge is 2.13. The lowest BCUT2D eigenvalue weighted by Gasteiger charge is -2.05. The van der Waals surface area contributed by atoms with Crippen LogP contribution in [0.25, 0.3) is 0 Å². The zero-order valence-electron chi connectivity index (χ0n) is 10.9. The van der Waals surface area contributed by atoms with Crippen molar-refractivity contribution in [2.75, 3.05) is 6.54 Å². The third-order valence-electron chi connectivity index (χ3n) is 2.76. The van der Waals surface area contributed by atoms with E-state index in [0.29, 0.717) is 12.2 Å². The van der Waals surface area contributed by atoms with Crippen LogP contribution in [0.3, 0.4) is 0 Å². The van der Waals surface area contributed by atoms with Crippen molar-refractivity contribution in [1.29, 1.82) is 0 Å². The Balaban J connectivity index is 1.78. The Kier molecular flexibility index (Phi) is 4.56. The first-order chi connectivity index (χ1) is 9.08. The smallest absolute Gasteiger partial charge is 0.272 e. The SMILES string of the molecule is Cc1ccnn1CCCNC(=O)c1nn(C)cc1I. The van der Waals surface area contributed by atoms with Crippen LogP contribution < -0.4 is 5.32 Å².